The summed E-state index contributed by atoms with van der Waals surface area (Å²) in [7, 11) is 0. The summed E-state index contributed by atoms with van der Waals surface area (Å²) in [6.45, 7) is 2.51. The summed E-state index contributed by atoms with van der Waals surface area (Å²) in [5, 5.41) is 14.9. The molecule has 0 saturated carbocycles. The average molecular weight is 261 g/mol. The third-order valence-electron chi connectivity index (χ3n) is 2.52. The van der Waals surface area contributed by atoms with Crippen LogP contribution in [0.1, 0.15) is 29.1 Å². The van der Waals surface area contributed by atoms with Gasteiger partial charge in [0.05, 0.1) is 17.7 Å². The molecule has 92 valence electrons. The maximum Gasteiger partial charge on any atom is 0.124 e. The molecule has 0 saturated heterocycles. The number of nitrogens with one attached hydrogen (secondary N) is 1. The van der Waals surface area contributed by atoms with E-state index in [1.807, 2.05) is 18.4 Å². The zero-order chi connectivity index (χ0) is 13.0. The summed E-state index contributed by atoms with van der Waals surface area (Å²) >= 11 is 1.58. The van der Waals surface area contributed by atoms with Crippen LogP contribution >= 0.6 is 11.3 Å². The van der Waals surface area contributed by atoms with Crippen LogP contribution in [0.15, 0.2) is 29.8 Å². The molecule has 1 N–H and O–H groups in total. The summed E-state index contributed by atoms with van der Waals surface area (Å²) in [6.07, 6.45) is 1.76. The van der Waals surface area contributed by atoms with Gasteiger partial charge in [0.15, 0.2) is 0 Å². The van der Waals surface area contributed by atoms with E-state index in [1.165, 1.54) is 12.1 Å². The molecule has 3 nitrogen and oxygen atoms in total. The van der Waals surface area contributed by atoms with Crippen molar-refractivity contribution in [2.75, 3.05) is 0 Å². The van der Waals surface area contributed by atoms with E-state index in [4.69, 9.17) is 5.26 Å². The number of thiazole rings is 1. The first kappa shape index (κ1) is 12.7. The minimum atomic E-state index is -0.382. The largest absolute Gasteiger partial charge is 0.304 e. The molecule has 1 unspecified atom stereocenters. The van der Waals surface area contributed by atoms with E-state index < -0.39 is 0 Å². The third kappa shape index (κ3) is 3.13. The predicted molar refractivity (Wildman–Crippen MR) is 68.5 cm³/mol. The van der Waals surface area contributed by atoms with Crippen LogP contribution in [-0.4, -0.2) is 4.98 Å². The summed E-state index contributed by atoms with van der Waals surface area (Å²) < 4.78 is 13.2. The van der Waals surface area contributed by atoms with Crippen LogP contribution in [0.2, 0.25) is 0 Å². The van der Waals surface area contributed by atoms with Crippen molar-refractivity contribution in [1.29, 1.82) is 5.26 Å². The van der Waals surface area contributed by atoms with E-state index >= 15 is 0 Å². The lowest BCUT2D eigenvalue weighted by atomic mass is 10.1. The Morgan fingerprint density at radius 3 is 3.00 bits per heavy atom. The molecule has 0 aliphatic carbocycles. The van der Waals surface area contributed by atoms with Gasteiger partial charge < -0.3 is 5.32 Å². The molecule has 0 amide bonds. The van der Waals surface area contributed by atoms with Gasteiger partial charge in [-0.1, -0.05) is 0 Å². The fourth-order valence-corrected chi connectivity index (χ4v) is 2.29. The molecule has 2 aromatic rings. The molecular formula is C13H12FN3S. The van der Waals surface area contributed by atoms with Crippen LogP contribution in [0.4, 0.5) is 4.39 Å². The van der Waals surface area contributed by atoms with Gasteiger partial charge in [0.2, 0.25) is 0 Å². The minimum absolute atomic E-state index is 0.110. The van der Waals surface area contributed by atoms with Crippen molar-refractivity contribution in [1.82, 2.24) is 10.3 Å². The first-order valence-electron chi connectivity index (χ1n) is 5.51. The summed E-state index contributed by atoms with van der Waals surface area (Å²) in [5.74, 6) is -0.382. The highest BCUT2D eigenvalue weighted by Crippen LogP contribution is 2.16. The van der Waals surface area contributed by atoms with Gasteiger partial charge in [0, 0.05) is 18.1 Å². The molecule has 5 heteroatoms. The molecule has 1 atom stereocenters. The minimum Gasteiger partial charge on any atom is -0.304 e. The molecule has 2 rings (SSSR count). The number of aromatic nitrogens is 1. The Morgan fingerprint density at radius 1 is 1.50 bits per heavy atom. The molecule has 1 aromatic carbocycles. The Morgan fingerprint density at radius 2 is 2.33 bits per heavy atom. The Kier molecular flexibility index (Phi) is 4.03. The number of nitrogens with zero attached hydrogens (tertiary/aromatic N) is 2. The number of benzene rings is 1. The Labute approximate surface area is 109 Å². The number of hydrogen-bond acceptors (Lipinski definition) is 4. The third-order valence-corrected chi connectivity index (χ3v) is 3.48. The number of hydrogen-bond donors (Lipinski definition) is 1. The van der Waals surface area contributed by atoms with Crippen molar-refractivity contribution in [2.45, 2.75) is 19.5 Å². The molecule has 0 fully saturated rings. The van der Waals surface area contributed by atoms with E-state index in [0.717, 1.165) is 10.6 Å². The molecular weight excluding hydrogens is 249 g/mol. The van der Waals surface area contributed by atoms with E-state index in [-0.39, 0.29) is 11.9 Å². The van der Waals surface area contributed by atoms with Crippen LogP contribution in [0, 0.1) is 17.1 Å². The van der Waals surface area contributed by atoms with Crippen LogP contribution in [0.5, 0.6) is 0 Å². The normalized spacial score (nSPS) is 12.1. The van der Waals surface area contributed by atoms with E-state index in [2.05, 4.69) is 10.3 Å². The van der Waals surface area contributed by atoms with Crippen LogP contribution in [0.25, 0.3) is 0 Å². The van der Waals surface area contributed by atoms with Crippen LogP contribution < -0.4 is 5.32 Å². The maximum atomic E-state index is 13.2. The van der Waals surface area contributed by atoms with Crippen molar-refractivity contribution >= 4 is 11.3 Å². The van der Waals surface area contributed by atoms with Crippen LogP contribution in [-0.2, 0) is 6.54 Å². The predicted octanol–water partition coefficient (Wildman–Crippen LogP) is 3.00. The van der Waals surface area contributed by atoms with Crippen molar-refractivity contribution in [3.05, 3.63) is 51.7 Å². The highest BCUT2D eigenvalue weighted by molar-refractivity contribution is 7.09. The fraction of sp³-hybridized carbons (Fsp3) is 0.231. The standard InChI is InChI=1S/C13H12FN3S/c1-9(13-16-2-3-18-13)17-8-11-4-10(7-15)5-12(14)6-11/h2-6,9,17H,8H2,1H3. The molecule has 1 aromatic heterocycles. The number of nitriles is 1. The number of halogens is 1. The molecule has 0 aliphatic rings. The van der Waals surface area contributed by atoms with Crippen molar-refractivity contribution in [3.8, 4) is 6.07 Å². The van der Waals surface area contributed by atoms with Crippen molar-refractivity contribution in [2.24, 2.45) is 0 Å². The molecule has 0 radical (unpaired) electrons. The quantitative estimate of drug-likeness (QED) is 0.920. The number of rotatable bonds is 4. The van der Waals surface area contributed by atoms with Gasteiger partial charge in [0.25, 0.3) is 0 Å². The van der Waals surface area contributed by atoms with Gasteiger partial charge in [-0.3, -0.25) is 0 Å². The second kappa shape index (κ2) is 5.71. The Bertz CT molecular complexity index is 560. The van der Waals surface area contributed by atoms with Gasteiger partial charge in [-0.2, -0.15) is 5.26 Å². The molecule has 0 spiro atoms. The molecule has 1 heterocycles. The lowest BCUT2D eigenvalue weighted by Crippen LogP contribution is -2.18. The average Bonchev–Trinajstić information content (AvgIpc) is 2.89. The monoisotopic (exact) mass is 261 g/mol. The lowest BCUT2D eigenvalue weighted by Gasteiger charge is -2.11. The first-order chi connectivity index (χ1) is 8.69. The van der Waals surface area contributed by atoms with Crippen molar-refractivity contribution in [3.63, 3.8) is 0 Å². The van der Waals surface area contributed by atoms with Gasteiger partial charge in [-0.15, -0.1) is 11.3 Å². The van der Waals surface area contributed by atoms with E-state index in [0.29, 0.717) is 12.1 Å². The smallest absolute Gasteiger partial charge is 0.124 e. The Hall–Kier alpha value is -1.77. The highest BCUT2D eigenvalue weighted by atomic mass is 32.1. The van der Waals surface area contributed by atoms with Gasteiger partial charge in [-0.05, 0) is 30.7 Å². The molecule has 18 heavy (non-hydrogen) atoms. The van der Waals surface area contributed by atoms with E-state index in [1.54, 1.807) is 23.6 Å². The maximum absolute atomic E-state index is 13.2. The molecule has 0 bridgehead atoms. The summed E-state index contributed by atoms with van der Waals surface area (Å²) in [6, 6.07) is 6.40. The fourth-order valence-electron chi connectivity index (χ4n) is 1.62. The first-order valence-corrected chi connectivity index (χ1v) is 6.39. The zero-order valence-electron chi connectivity index (χ0n) is 9.85. The summed E-state index contributed by atoms with van der Waals surface area (Å²) in [5.41, 5.74) is 1.10. The van der Waals surface area contributed by atoms with Gasteiger partial charge >= 0.3 is 0 Å². The summed E-state index contributed by atoms with van der Waals surface area (Å²) in [4.78, 5) is 4.21. The van der Waals surface area contributed by atoms with Crippen LogP contribution in [0.3, 0.4) is 0 Å². The SMILES string of the molecule is CC(NCc1cc(F)cc(C#N)c1)c1nccs1. The van der Waals surface area contributed by atoms with Crippen molar-refractivity contribution < 1.29 is 4.39 Å². The topological polar surface area (TPSA) is 48.7 Å². The molecule has 0 aliphatic heterocycles. The van der Waals surface area contributed by atoms with E-state index in [9.17, 15) is 4.39 Å². The Balaban J connectivity index is 2.02. The lowest BCUT2D eigenvalue weighted by molar-refractivity contribution is 0.566. The second-order valence-electron chi connectivity index (χ2n) is 3.93. The van der Waals surface area contributed by atoms with Gasteiger partial charge in [0.1, 0.15) is 10.8 Å². The second-order valence-corrected chi connectivity index (χ2v) is 4.86. The zero-order valence-corrected chi connectivity index (χ0v) is 10.7. The van der Waals surface area contributed by atoms with Gasteiger partial charge in [-0.25, -0.2) is 9.37 Å². The highest BCUT2D eigenvalue weighted by Gasteiger charge is 2.08.